The van der Waals surface area contributed by atoms with Crippen LogP contribution < -0.4 is 5.32 Å². The summed E-state index contributed by atoms with van der Waals surface area (Å²) in [5.74, 6) is 1.38. The molecule has 1 aliphatic heterocycles. The molecule has 0 aromatic carbocycles. The lowest BCUT2D eigenvalue weighted by Gasteiger charge is -2.34. The van der Waals surface area contributed by atoms with Gasteiger partial charge in [0, 0.05) is 25.6 Å². The molecule has 1 saturated heterocycles. The van der Waals surface area contributed by atoms with Crippen molar-refractivity contribution in [2.24, 2.45) is 17.8 Å². The van der Waals surface area contributed by atoms with Gasteiger partial charge < -0.3 is 10.1 Å². The van der Waals surface area contributed by atoms with Gasteiger partial charge >= 0.3 is 0 Å². The Bertz CT molecular complexity index is 540. The van der Waals surface area contributed by atoms with E-state index < -0.39 is 10.0 Å². The fourth-order valence-corrected chi connectivity index (χ4v) is 5.98. The SMILES string of the molecule is C[C@@H]1CN(S(=O)(=O)CCNC(=O)[C@H]2C[C@H]3CC[C@H]2C3)C[C@H](C)O1. The fraction of sp³-hybridized carbons (Fsp3) is 0.938. The predicted molar refractivity (Wildman–Crippen MR) is 87.3 cm³/mol. The molecular formula is C16H28N2O4S. The maximum absolute atomic E-state index is 12.4. The number of rotatable bonds is 5. The summed E-state index contributed by atoms with van der Waals surface area (Å²) in [5.41, 5.74) is 0. The zero-order valence-electron chi connectivity index (χ0n) is 14.0. The number of ether oxygens (including phenoxy) is 1. The van der Waals surface area contributed by atoms with Crippen LogP contribution in [0.2, 0.25) is 0 Å². The summed E-state index contributed by atoms with van der Waals surface area (Å²) in [6.45, 7) is 4.76. The van der Waals surface area contributed by atoms with Crippen molar-refractivity contribution < 1.29 is 17.9 Å². The van der Waals surface area contributed by atoms with E-state index in [0.717, 1.165) is 18.8 Å². The van der Waals surface area contributed by atoms with E-state index >= 15 is 0 Å². The highest BCUT2D eigenvalue weighted by Crippen LogP contribution is 2.48. The third-order valence-corrected chi connectivity index (χ3v) is 7.32. The highest BCUT2D eigenvalue weighted by Gasteiger charge is 2.43. The van der Waals surface area contributed by atoms with E-state index in [1.54, 1.807) is 0 Å². The Morgan fingerprint density at radius 1 is 1.17 bits per heavy atom. The van der Waals surface area contributed by atoms with E-state index in [9.17, 15) is 13.2 Å². The van der Waals surface area contributed by atoms with Gasteiger partial charge in [-0.15, -0.1) is 0 Å². The first-order valence-corrected chi connectivity index (χ1v) is 10.4. The van der Waals surface area contributed by atoms with Crippen LogP contribution in [0.4, 0.5) is 0 Å². The minimum absolute atomic E-state index is 0.0288. The monoisotopic (exact) mass is 344 g/mol. The van der Waals surface area contributed by atoms with Gasteiger partial charge in [0.15, 0.2) is 0 Å². The van der Waals surface area contributed by atoms with Crippen LogP contribution in [0, 0.1) is 17.8 Å². The Kier molecular flexibility index (Phi) is 4.99. The molecule has 0 spiro atoms. The van der Waals surface area contributed by atoms with Gasteiger partial charge in [0.25, 0.3) is 0 Å². The quantitative estimate of drug-likeness (QED) is 0.807. The number of nitrogens with zero attached hydrogens (tertiary/aromatic N) is 1. The molecule has 5 atom stereocenters. The summed E-state index contributed by atoms with van der Waals surface area (Å²) in [4.78, 5) is 12.3. The number of nitrogens with one attached hydrogen (secondary N) is 1. The highest BCUT2D eigenvalue weighted by atomic mass is 32.2. The zero-order valence-corrected chi connectivity index (χ0v) is 14.8. The Labute approximate surface area is 139 Å². The minimum atomic E-state index is -3.34. The molecule has 1 heterocycles. The van der Waals surface area contributed by atoms with Crippen LogP contribution in [0.1, 0.15) is 39.5 Å². The Morgan fingerprint density at radius 3 is 2.43 bits per heavy atom. The summed E-state index contributed by atoms with van der Waals surface area (Å²) in [6, 6.07) is 0. The summed E-state index contributed by atoms with van der Waals surface area (Å²) in [5, 5.41) is 2.85. The normalized spacial score (nSPS) is 37.9. The third kappa shape index (κ3) is 3.88. The average molecular weight is 344 g/mol. The van der Waals surface area contributed by atoms with Crippen molar-refractivity contribution in [2.45, 2.75) is 51.7 Å². The van der Waals surface area contributed by atoms with Crippen LogP contribution in [0.5, 0.6) is 0 Å². The van der Waals surface area contributed by atoms with Gasteiger partial charge in [-0.3, -0.25) is 4.79 Å². The molecule has 1 amide bonds. The lowest BCUT2D eigenvalue weighted by atomic mass is 9.88. The number of hydrogen-bond acceptors (Lipinski definition) is 4. The molecule has 2 saturated carbocycles. The molecule has 132 valence electrons. The molecule has 1 N–H and O–H groups in total. The first-order valence-electron chi connectivity index (χ1n) is 8.76. The van der Waals surface area contributed by atoms with Gasteiger partial charge in [0.2, 0.25) is 15.9 Å². The second-order valence-electron chi connectivity index (χ2n) is 7.46. The number of carbonyl (C=O) groups excluding carboxylic acids is 1. The topological polar surface area (TPSA) is 75.7 Å². The largest absolute Gasteiger partial charge is 0.373 e. The molecule has 7 heteroatoms. The van der Waals surface area contributed by atoms with Gasteiger partial charge in [-0.1, -0.05) is 6.42 Å². The number of amides is 1. The van der Waals surface area contributed by atoms with Crippen molar-refractivity contribution in [2.75, 3.05) is 25.4 Å². The van der Waals surface area contributed by atoms with E-state index in [2.05, 4.69) is 5.32 Å². The van der Waals surface area contributed by atoms with E-state index in [-0.39, 0.29) is 36.3 Å². The van der Waals surface area contributed by atoms with E-state index in [0.29, 0.717) is 19.0 Å². The van der Waals surface area contributed by atoms with E-state index in [1.807, 2.05) is 13.8 Å². The van der Waals surface area contributed by atoms with Gasteiger partial charge in [-0.2, -0.15) is 4.31 Å². The average Bonchev–Trinajstić information content (AvgIpc) is 3.08. The molecule has 6 nitrogen and oxygen atoms in total. The Morgan fingerprint density at radius 2 is 1.87 bits per heavy atom. The highest BCUT2D eigenvalue weighted by molar-refractivity contribution is 7.89. The Hall–Kier alpha value is -0.660. The van der Waals surface area contributed by atoms with Crippen LogP contribution in [-0.4, -0.2) is 56.2 Å². The van der Waals surface area contributed by atoms with E-state index in [4.69, 9.17) is 4.74 Å². The molecule has 0 aromatic heterocycles. The molecule has 0 radical (unpaired) electrons. The molecule has 2 bridgehead atoms. The number of morpholine rings is 1. The molecule has 0 unspecified atom stereocenters. The van der Waals surface area contributed by atoms with E-state index in [1.165, 1.54) is 17.1 Å². The maximum Gasteiger partial charge on any atom is 0.223 e. The number of fused-ring (bicyclic) bond motifs is 2. The second-order valence-corrected chi connectivity index (χ2v) is 9.55. The lowest BCUT2D eigenvalue weighted by molar-refractivity contribution is -0.126. The van der Waals surface area contributed by atoms with Crippen molar-refractivity contribution in [1.82, 2.24) is 9.62 Å². The van der Waals surface area contributed by atoms with Crippen molar-refractivity contribution in [3.8, 4) is 0 Å². The molecule has 2 aliphatic carbocycles. The van der Waals surface area contributed by atoms with Crippen molar-refractivity contribution >= 4 is 15.9 Å². The van der Waals surface area contributed by atoms with Crippen LogP contribution >= 0.6 is 0 Å². The van der Waals surface area contributed by atoms with Gasteiger partial charge in [0.05, 0.1) is 18.0 Å². The summed E-state index contributed by atoms with van der Waals surface area (Å²) in [7, 11) is -3.34. The molecule has 23 heavy (non-hydrogen) atoms. The molecule has 3 fully saturated rings. The van der Waals surface area contributed by atoms with Gasteiger partial charge in [0.1, 0.15) is 0 Å². The van der Waals surface area contributed by atoms with Crippen LogP contribution in [0.15, 0.2) is 0 Å². The van der Waals surface area contributed by atoms with Crippen molar-refractivity contribution in [3.05, 3.63) is 0 Å². The van der Waals surface area contributed by atoms with Gasteiger partial charge in [-0.25, -0.2) is 8.42 Å². The number of hydrogen-bond donors (Lipinski definition) is 1. The molecule has 3 aliphatic rings. The first-order chi connectivity index (χ1) is 10.8. The minimum Gasteiger partial charge on any atom is -0.373 e. The predicted octanol–water partition coefficient (Wildman–Crippen LogP) is 0.978. The fourth-order valence-electron chi connectivity index (χ4n) is 4.49. The molecule has 3 rings (SSSR count). The second kappa shape index (κ2) is 6.69. The van der Waals surface area contributed by atoms with Crippen LogP contribution in [-0.2, 0) is 19.6 Å². The van der Waals surface area contributed by atoms with Gasteiger partial charge in [-0.05, 0) is 44.9 Å². The van der Waals surface area contributed by atoms with Crippen LogP contribution in [0.25, 0.3) is 0 Å². The molecule has 0 aromatic rings. The number of sulfonamides is 1. The van der Waals surface area contributed by atoms with Crippen molar-refractivity contribution in [1.29, 1.82) is 0 Å². The maximum atomic E-state index is 12.4. The zero-order chi connectivity index (χ0) is 16.6. The third-order valence-electron chi connectivity index (χ3n) is 5.51. The molecular weight excluding hydrogens is 316 g/mol. The standard InChI is InChI=1S/C16H28N2O4S/c1-11-9-18(10-12(2)22-11)23(20,21)6-5-17-16(19)15-8-13-3-4-14(15)7-13/h11-15H,3-10H2,1-2H3,(H,17,19)/t11-,12+,13-,14-,15-/m0/s1. The smallest absolute Gasteiger partial charge is 0.223 e. The van der Waals surface area contributed by atoms with Crippen molar-refractivity contribution in [3.63, 3.8) is 0 Å². The summed E-state index contributed by atoms with van der Waals surface area (Å²) >= 11 is 0. The van der Waals surface area contributed by atoms with Crippen LogP contribution in [0.3, 0.4) is 0 Å². The summed E-state index contributed by atoms with van der Waals surface area (Å²) < 4.78 is 31.9. The Balaban J connectivity index is 1.46. The summed E-state index contributed by atoms with van der Waals surface area (Å²) in [6.07, 6.45) is 4.41. The first kappa shape index (κ1) is 17.2. The number of carbonyl (C=O) groups is 1. The lowest BCUT2D eigenvalue weighted by Crippen LogP contribution is -2.50.